The topological polar surface area (TPSA) is 138 Å². The summed E-state index contributed by atoms with van der Waals surface area (Å²) in [5.41, 5.74) is 15.5. The van der Waals surface area contributed by atoms with Gasteiger partial charge in [0.15, 0.2) is 23.1 Å². The molecule has 0 fully saturated rings. The Hall–Kier alpha value is -5.88. The molecule has 8 heteroatoms. The zero-order valence-electron chi connectivity index (χ0n) is 33.9. The lowest BCUT2D eigenvalue weighted by atomic mass is 9.79. The number of hydrogen-bond acceptors (Lipinski definition) is 7. The van der Waals surface area contributed by atoms with Crippen LogP contribution in [0.4, 0.5) is 0 Å². The van der Waals surface area contributed by atoms with Crippen molar-refractivity contribution in [3.8, 4) is 29.1 Å². The van der Waals surface area contributed by atoms with Gasteiger partial charge in [0.2, 0.25) is 0 Å². The van der Waals surface area contributed by atoms with E-state index in [9.17, 15) is 19.8 Å². The van der Waals surface area contributed by atoms with E-state index in [0.29, 0.717) is 48.5 Å². The normalized spacial score (nSPS) is 16.7. The van der Waals surface area contributed by atoms with E-state index in [2.05, 4.69) is 65.5 Å². The molecule has 0 radical (unpaired) electrons. The minimum Gasteiger partial charge on any atom is -0.508 e. The Bertz CT molecular complexity index is 2350. The molecule has 1 aliphatic heterocycles. The summed E-state index contributed by atoms with van der Waals surface area (Å²) in [6.45, 7) is 3.32. The summed E-state index contributed by atoms with van der Waals surface area (Å²) in [7, 11) is 0. The molecule has 0 amide bonds. The maximum absolute atomic E-state index is 13.9. The summed E-state index contributed by atoms with van der Waals surface area (Å²) in [5, 5.41) is 25.3. The van der Waals surface area contributed by atoms with Crippen LogP contribution in [0.25, 0.3) is 0 Å². The van der Waals surface area contributed by atoms with Crippen LogP contribution in [-0.4, -0.2) is 39.9 Å². The number of carbonyl (C=O) groups is 2. The zero-order valence-corrected chi connectivity index (χ0v) is 33.9. The van der Waals surface area contributed by atoms with Gasteiger partial charge in [0, 0.05) is 60.3 Å². The smallest absolute Gasteiger partial charge is 0.165 e. The van der Waals surface area contributed by atoms with Crippen LogP contribution >= 0.6 is 0 Å². The molecule has 3 atom stereocenters. The largest absolute Gasteiger partial charge is 0.508 e. The van der Waals surface area contributed by atoms with Crippen molar-refractivity contribution in [2.45, 2.75) is 89.6 Å². The highest BCUT2D eigenvalue weighted by atomic mass is 16.5. The van der Waals surface area contributed by atoms with Gasteiger partial charge < -0.3 is 25.7 Å². The second-order valence-corrected chi connectivity index (χ2v) is 16.1. The van der Waals surface area contributed by atoms with Gasteiger partial charge in [-0.25, -0.2) is 0 Å². The number of Topliss-reactive ketones (excluding diaryl/α,β-unsaturated/α-hetero) is 1. The van der Waals surface area contributed by atoms with Crippen molar-refractivity contribution in [1.82, 2.24) is 10.3 Å². The number of H-pyrrole nitrogens is 1. The molecule has 2 aliphatic rings. The van der Waals surface area contributed by atoms with Gasteiger partial charge in [-0.2, -0.15) is 0 Å². The van der Waals surface area contributed by atoms with Crippen LogP contribution in [0.5, 0.6) is 17.2 Å². The first-order chi connectivity index (χ1) is 28.7. The first kappa shape index (κ1) is 41.3. The van der Waals surface area contributed by atoms with Crippen molar-refractivity contribution >= 4 is 11.6 Å². The number of ketones is 2. The third-order valence-corrected chi connectivity index (χ3v) is 11.7. The molecule has 3 unspecified atom stereocenters. The Morgan fingerprint density at radius 2 is 1.73 bits per heavy atom. The Morgan fingerprint density at radius 3 is 2.58 bits per heavy atom. The summed E-state index contributed by atoms with van der Waals surface area (Å²) < 4.78 is 6.09. The summed E-state index contributed by atoms with van der Waals surface area (Å²) in [4.78, 5) is 29.7. The molecule has 0 saturated heterocycles. The number of rotatable bonds is 16. The van der Waals surface area contributed by atoms with Crippen molar-refractivity contribution < 1.29 is 24.5 Å². The molecule has 6 N–H and O–H groups in total. The number of aryl methyl sites for hydroxylation is 2. The van der Waals surface area contributed by atoms with Gasteiger partial charge in [0.25, 0.3) is 0 Å². The average Bonchev–Trinajstić information content (AvgIpc) is 3.72. The number of phenolic OH excluding ortho intramolecular Hbond substituents is 2. The van der Waals surface area contributed by atoms with Crippen LogP contribution < -0.4 is 15.8 Å². The minimum absolute atomic E-state index is 0.0198. The number of benzene rings is 4. The number of ether oxygens (including phenoxy) is 1. The number of allylic oxidation sites excluding steroid dienone is 2. The molecule has 59 heavy (non-hydrogen) atoms. The van der Waals surface area contributed by atoms with E-state index < -0.39 is 5.92 Å². The molecule has 1 aromatic heterocycles. The van der Waals surface area contributed by atoms with E-state index in [1.807, 2.05) is 36.4 Å². The molecule has 8 nitrogen and oxygen atoms in total. The van der Waals surface area contributed by atoms with Gasteiger partial charge in [0.1, 0.15) is 5.75 Å². The summed E-state index contributed by atoms with van der Waals surface area (Å²) in [6.07, 6.45) is 13.3. The number of fused-ring (bicyclic) bond motifs is 3. The fraction of sp³-hybridized carbons (Fsp3) is 0.333. The minimum atomic E-state index is -0.456. The number of aromatic hydroxyl groups is 2. The third-order valence-electron chi connectivity index (χ3n) is 11.7. The molecular weight excluding hydrogens is 735 g/mol. The molecule has 5 aromatic rings. The van der Waals surface area contributed by atoms with Crippen molar-refractivity contribution in [1.29, 1.82) is 0 Å². The van der Waals surface area contributed by atoms with Crippen LogP contribution in [-0.2, 0) is 36.9 Å². The molecule has 4 aromatic carbocycles. The maximum Gasteiger partial charge on any atom is 0.165 e. The number of aromatic amines is 1. The molecule has 0 spiro atoms. The predicted molar refractivity (Wildman–Crippen MR) is 233 cm³/mol. The second kappa shape index (κ2) is 19.7. The second-order valence-electron chi connectivity index (χ2n) is 16.1. The van der Waals surface area contributed by atoms with E-state index in [0.717, 1.165) is 77.7 Å². The lowest BCUT2D eigenvalue weighted by Gasteiger charge is -2.28. The third kappa shape index (κ3) is 10.8. The van der Waals surface area contributed by atoms with E-state index in [4.69, 9.17) is 10.5 Å². The molecule has 7 rings (SSSR count). The Balaban J connectivity index is 0.965. The fourth-order valence-electron chi connectivity index (χ4n) is 8.28. The standard InChI is InChI=1S/C51H55N3O5/c1-34(15-16-35-10-5-3-6-11-35)9-4-2-7-13-40(55)20-17-36-19-22-48(57)50(30-36)59-28-25-37-18-21-47(56)45(29-37)44-33-49(58)41-24-27-53-46(41)14-8-12-38-32-43-39(31-42(38)44)23-26-54-51(43)52/h3,5-7,10-11,13,18-19,21-22,24,27,29-32,34,44,51,53-54,56-57H,2,4,9,14-17,20,23,25-26,28,33,52H2,1H3. The number of aromatic nitrogens is 1. The van der Waals surface area contributed by atoms with Gasteiger partial charge in [-0.05, 0) is 114 Å². The number of unbranched alkanes of at least 4 members (excludes halogenated alkanes) is 1. The van der Waals surface area contributed by atoms with Gasteiger partial charge in [-0.1, -0.05) is 85.9 Å². The highest BCUT2D eigenvalue weighted by Crippen LogP contribution is 2.40. The summed E-state index contributed by atoms with van der Waals surface area (Å²) in [5.74, 6) is 7.39. The quantitative estimate of drug-likeness (QED) is 0.0383. The molecular formula is C51H55N3O5. The number of phenols is 2. The Morgan fingerprint density at radius 1 is 0.915 bits per heavy atom. The molecule has 304 valence electrons. The first-order valence-corrected chi connectivity index (χ1v) is 21.1. The lowest BCUT2D eigenvalue weighted by Crippen LogP contribution is -2.35. The molecule has 2 heterocycles. The van der Waals surface area contributed by atoms with Crippen molar-refractivity contribution in [2.24, 2.45) is 11.7 Å². The number of nitrogens with two attached hydrogens (primary N) is 1. The summed E-state index contributed by atoms with van der Waals surface area (Å²) in [6, 6.07) is 27.3. The van der Waals surface area contributed by atoms with Gasteiger partial charge in [-0.3, -0.25) is 14.9 Å². The zero-order chi connectivity index (χ0) is 41.1. The number of nitrogens with one attached hydrogen (secondary N) is 2. The average molecular weight is 790 g/mol. The van der Waals surface area contributed by atoms with Gasteiger partial charge in [0.05, 0.1) is 19.2 Å². The van der Waals surface area contributed by atoms with Gasteiger partial charge >= 0.3 is 0 Å². The van der Waals surface area contributed by atoms with Crippen molar-refractivity contribution in [3.05, 3.63) is 159 Å². The molecule has 0 saturated carbocycles. The van der Waals surface area contributed by atoms with E-state index in [1.54, 1.807) is 30.5 Å². The van der Waals surface area contributed by atoms with Crippen LogP contribution in [0, 0.1) is 17.8 Å². The highest BCUT2D eigenvalue weighted by molar-refractivity contribution is 5.98. The number of carbonyl (C=O) groups excluding carboxylic acids is 2. The Kier molecular flexibility index (Phi) is 13.8. The van der Waals surface area contributed by atoms with Crippen LogP contribution in [0.3, 0.4) is 0 Å². The molecule has 0 bridgehead atoms. The van der Waals surface area contributed by atoms with Crippen LogP contribution in [0.2, 0.25) is 0 Å². The monoisotopic (exact) mass is 789 g/mol. The molecule has 1 aliphatic carbocycles. The SMILES string of the molecule is CC(CCCC=CC(=O)CCc1ccc(O)c(OCCc2ccc(O)c(C3CC(=O)c4cc[nH]c4CC#Cc4cc5c(cc43)CCNC5N)c2)c1)CCc1ccccc1. The maximum atomic E-state index is 13.9. The van der Waals surface area contributed by atoms with Crippen LogP contribution in [0.15, 0.2) is 103 Å². The summed E-state index contributed by atoms with van der Waals surface area (Å²) >= 11 is 0. The number of hydrogen-bond donors (Lipinski definition) is 5. The van der Waals surface area contributed by atoms with Crippen molar-refractivity contribution in [2.75, 3.05) is 13.2 Å². The highest BCUT2D eigenvalue weighted by Gasteiger charge is 2.29. The van der Waals surface area contributed by atoms with E-state index >= 15 is 0 Å². The first-order valence-electron chi connectivity index (χ1n) is 21.1. The van der Waals surface area contributed by atoms with E-state index in [1.165, 1.54) is 12.0 Å². The fourth-order valence-corrected chi connectivity index (χ4v) is 8.28. The van der Waals surface area contributed by atoms with Crippen LogP contribution in [0.1, 0.15) is 118 Å². The predicted octanol–water partition coefficient (Wildman–Crippen LogP) is 8.96. The van der Waals surface area contributed by atoms with Gasteiger partial charge in [-0.15, -0.1) is 0 Å². The Labute approximate surface area is 347 Å². The van der Waals surface area contributed by atoms with Crippen molar-refractivity contribution in [3.63, 3.8) is 0 Å². The lowest BCUT2D eigenvalue weighted by molar-refractivity contribution is -0.114. The van der Waals surface area contributed by atoms with E-state index in [-0.39, 0.29) is 42.3 Å².